The minimum Gasteiger partial charge on any atom is -0.360 e. The average molecular weight is 397 g/mol. The Hall–Kier alpha value is -1.45. The molecule has 1 saturated carbocycles. The molecule has 8 nitrogen and oxygen atoms in total. The summed E-state index contributed by atoms with van der Waals surface area (Å²) in [5.74, 6) is 0.946. The maximum absolute atomic E-state index is 13.3. The van der Waals surface area contributed by atoms with Crippen molar-refractivity contribution in [2.75, 3.05) is 39.3 Å². The number of aryl methyl sites for hydroxylation is 2. The summed E-state index contributed by atoms with van der Waals surface area (Å²) >= 11 is 0. The van der Waals surface area contributed by atoms with Crippen LogP contribution in [0.4, 0.5) is 0 Å². The van der Waals surface area contributed by atoms with Gasteiger partial charge in [0.25, 0.3) is 0 Å². The van der Waals surface area contributed by atoms with E-state index >= 15 is 0 Å². The second-order valence-corrected chi connectivity index (χ2v) is 9.95. The molecule has 1 aromatic rings. The fourth-order valence-electron chi connectivity index (χ4n) is 5.09. The van der Waals surface area contributed by atoms with Crippen LogP contribution in [0.5, 0.6) is 0 Å². The largest absolute Gasteiger partial charge is 0.360 e. The summed E-state index contributed by atoms with van der Waals surface area (Å²) in [6.45, 7) is 6.44. The van der Waals surface area contributed by atoms with Gasteiger partial charge in [-0.1, -0.05) is 18.0 Å². The van der Waals surface area contributed by atoms with Gasteiger partial charge in [0.15, 0.2) is 5.76 Å². The van der Waals surface area contributed by atoms with Crippen molar-refractivity contribution in [3.05, 3.63) is 11.5 Å². The molecule has 3 fully saturated rings. The molecule has 1 aromatic heterocycles. The number of aromatic nitrogens is 1. The first kappa shape index (κ1) is 18.9. The number of piperazine rings is 1. The van der Waals surface area contributed by atoms with E-state index in [1.807, 2.05) is 4.90 Å². The Morgan fingerprint density at radius 3 is 2.63 bits per heavy atom. The van der Waals surface area contributed by atoms with E-state index in [1.165, 1.54) is 10.7 Å². The van der Waals surface area contributed by atoms with Crippen molar-refractivity contribution in [1.82, 2.24) is 19.7 Å². The number of carbonyl (C=O) groups excluding carboxylic acids is 1. The molecule has 4 rings (SSSR count). The third kappa shape index (κ3) is 3.00. The van der Waals surface area contributed by atoms with E-state index in [-0.39, 0.29) is 16.2 Å². The molecule has 2 atom stereocenters. The molecular formula is C18H28N4O4S. The molecule has 150 valence electrons. The van der Waals surface area contributed by atoms with Gasteiger partial charge in [-0.2, -0.15) is 4.31 Å². The Morgan fingerprint density at radius 1 is 1.22 bits per heavy atom. The van der Waals surface area contributed by atoms with Gasteiger partial charge >= 0.3 is 0 Å². The molecule has 0 aromatic carbocycles. The van der Waals surface area contributed by atoms with Crippen LogP contribution in [0, 0.1) is 25.2 Å². The molecule has 0 spiro atoms. The number of nitrogens with zero attached hydrogens (tertiary/aromatic N) is 3. The first-order valence-electron chi connectivity index (χ1n) is 9.79. The Kier molecular flexibility index (Phi) is 4.80. The molecule has 9 heteroatoms. The third-order valence-electron chi connectivity index (χ3n) is 6.56. The van der Waals surface area contributed by atoms with Gasteiger partial charge in [-0.3, -0.25) is 4.79 Å². The van der Waals surface area contributed by atoms with Gasteiger partial charge in [-0.25, -0.2) is 8.42 Å². The molecule has 27 heavy (non-hydrogen) atoms. The fraction of sp³-hybridized carbons (Fsp3) is 0.778. The highest BCUT2D eigenvalue weighted by molar-refractivity contribution is 7.89. The van der Waals surface area contributed by atoms with Crippen LogP contribution in [0.25, 0.3) is 0 Å². The summed E-state index contributed by atoms with van der Waals surface area (Å²) in [4.78, 5) is 15.4. The lowest BCUT2D eigenvalue weighted by Gasteiger charge is -2.43. The second kappa shape index (κ2) is 6.86. The van der Waals surface area contributed by atoms with Gasteiger partial charge in [0, 0.05) is 32.7 Å². The minimum absolute atomic E-state index is 0.160. The van der Waals surface area contributed by atoms with E-state index in [4.69, 9.17) is 4.52 Å². The summed E-state index contributed by atoms with van der Waals surface area (Å²) < 4.78 is 32.4. The summed E-state index contributed by atoms with van der Waals surface area (Å²) in [6, 6.07) is 0. The number of hydrogen-bond acceptors (Lipinski definition) is 6. The molecule has 1 amide bonds. The maximum Gasteiger partial charge on any atom is 0.248 e. The number of carbonyl (C=O) groups is 1. The molecule has 0 unspecified atom stereocenters. The summed E-state index contributed by atoms with van der Waals surface area (Å²) in [6.07, 6.45) is 4.36. The Morgan fingerprint density at radius 2 is 1.96 bits per heavy atom. The topological polar surface area (TPSA) is 95.8 Å². The lowest BCUT2D eigenvalue weighted by atomic mass is 9.67. The van der Waals surface area contributed by atoms with Crippen molar-refractivity contribution < 1.29 is 17.7 Å². The third-order valence-corrected chi connectivity index (χ3v) is 8.70. The molecule has 1 aliphatic carbocycles. The van der Waals surface area contributed by atoms with Crippen molar-refractivity contribution in [3.8, 4) is 0 Å². The highest BCUT2D eigenvalue weighted by Crippen LogP contribution is 2.45. The SMILES string of the molecule is Cc1noc(C)c1S(=O)(=O)N1CCN(C(=O)[C@@]23CCCC[C@H]2CNC3)CC1. The van der Waals surface area contributed by atoms with Crippen molar-refractivity contribution in [2.24, 2.45) is 11.3 Å². The zero-order valence-electron chi connectivity index (χ0n) is 16.0. The number of sulfonamides is 1. The van der Waals surface area contributed by atoms with Crippen LogP contribution in [-0.2, 0) is 14.8 Å². The first-order chi connectivity index (χ1) is 12.9. The normalized spacial score (nSPS) is 29.7. The fourth-order valence-corrected chi connectivity index (χ4v) is 6.80. The quantitative estimate of drug-likeness (QED) is 0.816. The van der Waals surface area contributed by atoms with Crippen LogP contribution in [0.3, 0.4) is 0 Å². The lowest BCUT2D eigenvalue weighted by molar-refractivity contribution is -0.146. The van der Waals surface area contributed by atoms with E-state index in [0.717, 1.165) is 32.4 Å². The zero-order valence-corrected chi connectivity index (χ0v) is 16.8. The number of hydrogen-bond donors (Lipinski definition) is 1. The number of fused-ring (bicyclic) bond motifs is 1. The smallest absolute Gasteiger partial charge is 0.248 e. The van der Waals surface area contributed by atoms with Crippen LogP contribution in [0.1, 0.15) is 37.1 Å². The Bertz CT molecular complexity index is 809. The summed E-state index contributed by atoms with van der Waals surface area (Å²) in [7, 11) is -3.65. The molecule has 0 radical (unpaired) electrons. The summed E-state index contributed by atoms with van der Waals surface area (Å²) in [5, 5.41) is 7.18. The van der Waals surface area contributed by atoms with E-state index in [9.17, 15) is 13.2 Å². The Labute approximate surface area is 160 Å². The molecular weight excluding hydrogens is 368 g/mol. The van der Waals surface area contributed by atoms with Gasteiger partial charge in [-0.05, 0) is 39.2 Å². The predicted octanol–water partition coefficient (Wildman–Crippen LogP) is 0.904. The Balaban J connectivity index is 1.47. The van der Waals surface area contributed by atoms with Crippen molar-refractivity contribution >= 4 is 15.9 Å². The van der Waals surface area contributed by atoms with Gasteiger partial charge in [0.1, 0.15) is 10.6 Å². The van der Waals surface area contributed by atoms with Crippen LogP contribution in [-0.4, -0.2) is 68.0 Å². The summed E-state index contributed by atoms with van der Waals surface area (Å²) in [5.41, 5.74) is 0.105. The first-order valence-corrected chi connectivity index (χ1v) is 11.2. The lowest BCUT2D eigenvalue weighted by Crippen LogP contribution is -2.56. The molecule has 0 bridgehead atoms. The van der Waals surface area contributed by atoms with Crippen molar-refractivity contribution in [1.29, 1.82) is 0 Å². The van der Waals surface area contributed by atoms with E-state index in [1.54, 1.807) is 13.8 Å². The van der Waals surface area contributed by atoms with Crippen LogP contribution < -0.4 is 5.32 Å². The molecule has 2 aliphatic heterocycles. The van der Waals surface area contributed by atoms with Gasteiger partial charge in [0.2, 0.25) is 15.9 Å². The molecule has 3 aliphatic rings. The second-order valence-electron chi connectivity index (χ2n) is 8.08. The van der Waals surface area contributed by atoms with Crippen LogP contribution >= 0.6 is 0 Å². The van der Waals surface area contributed by atoms with Gasteiger partial charge in [-0.15, -0.1) is 0 Å². The average Bonchev–Trinajstić information content (AvgIpc) is 3.25. The number of amides is 1. The van der Waals surface area contributed by atoms with E-state index in [0.29, 0.717) is 43.6 Å². The van der Waals surface area contributed by atoms with Gasteiger partial charge in [0.05, 0.1) is 5.41 Å². The monoisotopic (exact) mass is 396 g/mol. The van der Waals surface area contributed by atoms with Crippen molar-refractivity contribution in [3.63, 3.8) is 0 Å². The number of rotatable bonds is 3. The molecule has 1 N–H and O–H groups in total. The highest BCUT2D eigenvalue weighted by Gasteiger charge is 2.51. The van der Waals surface area contributed by atoms with Crippen molar-refractivity contribution in [2.45, 2.75) is 44.4 Å². The predicted molar refractivity (Wildman–Crippen MR) is 98.6 cm³/mol. The van der Waals surface area contributed by atoms with Gasteiger partial charge < -0.3 is 14.7 Å². The maximum atomic E-state index is 13.3. The molecule has 2 saturated heterocycles. The van der Waals surface area contributed by atoms with Crippen LogP contribution in [0.2, 0.25) is 0 Å². The number of nitrogens with one attached hydrogen (secondary N) is 1. The standard InChI is InChI=1S/C18H28N4O4S/c1-13-16(14(2)26-20-13)27(24,25)22-9-7-21(8-10-22)17(23)18-6-4-3-5-15(18)11-19-12-18/h15,19H,3-12H2,1-2H3/t15-,18+/m0/s1. The zero-order chi connectivity index (χ0) is 19.2. The highest BCUT2D eigenvalue weighted by atomic mass is 32.2. The van der Waals surface area contributed by atoms with E-state index in [2.05, 4.69) is 10.5 Å². The van der Waals surface area contributed by atoms with E-state index < -0.39 is 10.0 Å². The minimum atomic E-state index is -3.65. The van der Waals surface area contributed by atoms with Crippen LogP contribution in [0.15, 0.2) is 9.42 Å². The molecule has 3 heterocycles.